The number of fused-ring (bicyclic) bond motifs is 3. The summed E-state index contributed by atoms with van der Waals surface area (Å²) in [5.41, 5.74) is 4.53. The van der Waals surface area contributed by atoms with Gasteiger partial charge in [-0.25, -0.2) is 4.79 Å². The van der Waals surface area contributed by atoms with Crippen LogP contribution < -0.4 is 5.32 Å². The fraction of sp³-hybridized carbons (Fsp3) is 0.364. The number of rotatable bonds is 6. The van der Waals surface area contributed by atoms with Gasteiger partial charge in [-0.2, -0.15) is 0 Å². The van der Waals surface area contributed by atoms with E-state index < -0.39 is 18.6 Å². The lowest BCUT2D eigenvalue weighted by atomic mass is 9.98. The first-order valence-electron chi connectivity index (χ1n) is 9.77. The summed E-state index contributed by atoms with van der Waals surface area (Å²) in [5.74, 6) is -1.15. The molecule has 1 atom stereocenters. The van der Waals surface area contributed by atoms with E-state index in [1.807, 2.05) is 36.4 Å². The van der Waals surface area contributed by atoms with Crippen molar-refractivity contribution in [1.29, 1.82) is 0 Å². The molecule has 1 saturated heterocycles. The number of aliphatic carboxylic acids is 1. The topological polar surface area (TPSA) is 88.1 Å². The molecule has 29 heavy (non-hydrogen) atoms. The van der Waals surface area contributed by atoms with E-state index >= 15 is 0 Å². The quantitative estimate of drug-likeness (QED) is 0.779. The standard InChI is InChI=1S/C22H24N2O5/c25-21(26)13-24(12-15-11-23-9-10-28-15)22(27)29-14-20-18-7-3-1-5-16(18)17-6-2-4-8-19(17)20/h1-8,15,20,23H,9-14H2,(H,25,26). The molecule has 1 amide bonds. The molecule has 2 aromatic carbocycles. The summed E-state index contributed by atoms with van der Waals surface area (Å²) in [6.45, 7) is 1.78. The molecule has 1 heterocycles. The van der Waals surface area contributed by atoms with Crippen molar-refractivity contribution in [3.63, 3.8) is 0 Å². The molecule has 0 saturated carbocycles. The van der Waals surface area contributed by atoms with Gasteiger partial charge < -0.3 is 19.9 Å². The van der Waals surface area contributed by atoms with Crippen molar-refractivity contribution in [1.82, 2.24) is 10.2 Å². The normalized spacial score (nSPS) is 18.0. The fourth-order valence-electron chi connectivity index (χ4n) is 4.04. The Morgan fingerprint density at radius 2 is 1.76 bits per heavy atom. The van der Waals surface area contributed by atoms with Crippen molar-refractivity contribution in [2.24, 2.45) is 0 Å². The number of carboxylic acids is 1. The number of nitrogens with zero attached hydrogens (tertiary/aromatic N) is 1. The maximum atomic E-state index is 12.7. The number of carbonyl (C=O) groups excluding carboxylic acids is 1. The molecule has 4 rings (SSSR count). The number of morpholine rings is 1. The molecule has 2 aromatic rings. The summed E-state index contributed by atoms with van der Waals surface area (Å²) in [7, 11) is 0. The molecule has 0 radical (unpaired) electrons. The summed E-state index contributed by atoms with van der Waals surface area (Å²) in [6, 6.07) is 16.2. The molecule has 0 spiro atoms. The van der Waals surface area contributed by atoms with Crippen LogP contribution >= 0.6 is 0 Å². The molecule has 1 aliphatic carbocycles. The first-order chi connectivity index (χ1) is 14.1. The molecule has 152 valence electrons. The lowest BCUT2D eigenvalue weighted by Gasteiger charge is -2.29. The largest absolute Gasteiger partial charge is 0.480 e. The SMILES string of the molecule is O=C(O)CN(CC1CNCCO1)C(=O)OCC1c2ccccc2-c2ccccc21. The van der Waals surface area contributed by atoms with Gasteiger partial charge in [0.1, 0.15) is 13.2 Å². The number of carbonyl (C=O) groups is 2. The first kappa shape index (κ1) is 19.4. The number of carboxylic acid groups (broad SMARTS) is 1. The molecule has 1 fully saturated rings. The van der Waals surface area contributed by atoms with Crippen molar-refractivity contribution in [2.45, 2.75) is 12.0 Å². The van der Waals surface area contributed by atoms with E-state index in [4.69, 9.17) is 9.47 Å². The van der Waals surface area contributed by atoms with Crippen LogP contribution in [0.4, 0.5) is 4.79 Å². The average molecular weight is 396 g/mol. The summed E-state index contributed by atoms with van der Waals surface area (Å²) >= 11 is 0. The summed E-state index contributed by atoms with van der Waals surface area (Å²) in [5, 5.41) is 12.4. The maximum absolute atomic E-state index is 12.7. The highest BCUT2D eigenvalue weighted by molar-refractivity contribution is 5.79. The van der Waals surface area contributed by atoms with Crippen LogP contribution in [0.25, 0.3) is 11.1 Å². The van der Waals surface area contributed by atoms with Crippen LogP contribution in [0.15, 0.2) is 48.5 Å². The second kappa shape index (κ2) is 8.63. The molecular weight excluding hydrogens is 372 g/mol. The summed E-state index contributed by atoms with van der Waals surface area (Å²) < 4.78 is 11.2. The third-order valence-corrected chi connectivity index (χ3v) is 5.35. The van der Waals surface area contributed by atoms with Crippen LogP contribution in [0, 0.1) is 0 Å². The number of amides is 1. The van der Waals surface area contributed by atoms with Gasteiger partial charge in [0.15, 0.2) is 0 Å². The predicted molar refractivity (Wildman–Crippen MR) is 107 cm³/mol. The third kappa shape index (κ3) is 4.26. The highest BCUT2D eigenvalue weighted by Crippen LogP contribution is 2.44. The Kier molecular flexibility index (Phi) is 5.78. The van der Waals surface area contributed by atoms with Gasteiger partial charge in [0.2, 0.25) is 0 Å². The Morgan fingerprint density at radius 3 is 2.34 bits per heavy atom. The van der Waals surface area contributed by atoms with E-state index in [9.17, 15) is 14.7 Å². The number of hydrogen-bond donors (Lipinski definition) is 2. The van der Waals surface area contributed by atoms with E-state index in [0.29, 0.717) is 13.2 Å². The minimum Gasteiger partial charge on any atom is -0.480 e. The van der Waals surface area contributed by atoms with Crippen molar-refractivity contribution in [3.05, 3.63) is 59.7 Å². The lowest BCUT2D eigenvalue weighted by molar-refractivity contribution is -0.138. The van der Waals surface area contributed by atoms with Crippen LogP contribution in [0.1, 0.15) is 17.0 Å². The van der Waals surface area contributed by atoms with Gasteiger partial charge in [-0.15, -0.1) is 0 Å². The minimum absolute atomic E-state index is 0.0642. The Balaban J connectivity index is 1.46. The van der Waals surface area contributed by atoms with Gasteiger partial charge in [0.05, 0.1) is 19.3 Å². The maximum Gasteiger partial charge on any atom is 0.410 e. The van der Waals surface area contributed by atoms with Crippen LogP contribution in [0.2, 0.25) is 0 Å². The molecule has 1 unspecified atom stereocenters. The van der Waals surface area contributed by atoms with Crippen LogP contribution in [-0.2, 0) is 14.3 Å². The van der Waals surface area contributed by atoms with Gasteiger partial charge in [-0.05, 0) is 22.3 Å². The number of ether oxygens (including phenoxy) is 2. The molecule has 2 aliphatic rings. The minimum atomic E-state index is -1.08. The molecule has 1 aliphatic heterocycles. The Labute approximate surface area is 169 Å². The first-order valence-corrected chi connectivity index (χ1v) is 9.77. The molecule has 7 heteroatoms. The average Bonchev–Trinajstić information content (AvgIpc) is 3.06. The zero-order chi connectivity index (χ0) is 20.2. The second-order valence-electron chi connectivity index (χ2n) is 7.28. The van der Waals surface area contributed by atoms with E-state index in [-0.39, 0.29) is 25.2 Å². The second-order valence-corrected chi connectivity index (χ2v) is 7.28. The van der Waals surface area contributed by atoms with Crippen LogP contribution in [-0.4, -0.2) is 67.6 Å². The Morgan fingerprint density at radius 1 is 1.10 bits per heavy atom. The molecule has 2 N–H and O–H groups in total. The highest BCUT2D eigenvalue weighted by atomic mass is 16.6. The summed E-state index contributed by atoms with van der Waals surface area (Å²) in [4.78, 5) is 25.1. The van der Waals surface area contributed by atoms with Crippen LogP contribution in [0.3, 0.4) is 0 Å². The van der Waals surface area contributed by atoms with Crippen LogP contribution in [0.5, 0.6) is 0 Å². The van der Waals surface area contributed by atoms with E-state index in [0.717, 1.165) is 28.8 Å². The fourth-order valence-corrected chi connectivity index (χ4v) is 4.04. The Bertz CT molecular complexity index is 849. The third-order valence-electron chi connectivity index (χ3n) is 5.35. The highest BCUT2D eigenvalue weighted by Gasteiger charge is 2.30. The van der Waals surface area contributed by atoms with Crippen molar-refractivity contribution in [3.8, 4) is 11.1 Å². The Hall–Kier alpha value is -2.90. The van der Waals surface area contributed by atoms with E-state index in [1.165, 1.54) is 4.90 Å². The van der Waals surface area contributed by atoms with Crippen molar-refractivity contribution < 1.29 is 24.2 Å². The molecule has 0 bridgehead atoms. The lowest BCUT2D eigenvalue weighted by Crippen LogP contribution is -2.48. The zero-order valence-corrected chi connectivity index (χ0v) is 16.0. The number of nitrogens with one attached hydrogen (secondary N) is 1. The zero-order valence-electron chi connectivity index (χ0n) is 16.0. The molecule has 0 aromatic heterocycles. The van der Waals surface area contributed by atoms with Gasteiger partial charge in [-0.1, -0.05) is 48.5 Å². The van der Waals surface area contributed by atoms with E-state index in [1.54, 1.807) is 0 Å². The monoisotopic (exact) mass is 396 g/mol. The predicted octanol–water partition coefficient (Wildman–Crippen LogP) is 2.31. The van der Waals surface area contributed by atoms with Crippen molar-refractivity contribution >= 4 is 12.1 Å². The number of benzene rings is 2. The van der Waals surface area contributed by atoms with E-state index in [2.05, 4.69) is 17.4 Å². The van der Waals surface area contributed by atoms with Gasteiger partial charge in [0, 0.05) is 19.0 Å². The summed E-state index contributed by atoms with van der Waals surface area (Å²) in [6.07, 6.45) is -0.882. The van der Waals surface area contributed by atoms with Gasteiger partial charge in [0.25, 0.3) is 0 Å². The molecular formula is C22H24N2O5. The smallest absolute Gasteiger partial charge is 0.410 e. The number of hydrogen-bond acceptors (Lipinski definition) is 5. The van der Waals surface area contributed by atoms with Gasteiger partial charge >= 0.3 is 12.1 Å². The van der Waals surface area contributed by atoms with Gasteiger partial charge in [-0.3, -0.25) is 9.69 Å². The molecule has 7 nitrogen and oxygen atoms in total. The van der Waals surface area contributed by atoms with Crippen molar-refractivity contribution in [2.75, 3.05) is 39.4 Å².